The summed E-state index contributed by atoms with van der Waals surface area (Å²) in [5.74, 6) is 2.43. The van der Waals surface area contributed by atoms with E-state index in [1.807, 2.05) is 72.8 Å². The van der Waals surface area contributed by atoms with E-state index < -0.39 is 0 Å². The fourth-order valence-electron chi connectivity index (χ4n) is 3.82. The van der Waals surface area contributed by atoms with E-state index in [1.54, 1.807) is 32.5 Å². The van der Waals surface area contributed by atoms with Crippen LogP contribution >= 0.6 is 0 Å². The second-order valence-electron chi connectivity index (χ2n) is 7.68. The van der Waals surface area contributed by atoms with Crippen LogP contribution in [0.1, 0.15) is 10.4 Å². The molecule has 0 atom stereocenters. The molecule has 1 N–H and O–H groups in total. The van der Waals surface area contributed by atoms with E-state index in [2.05, 4.69) is 10.3 Å². The first-order valence-electron chi connectivity index (χ1n) is 10.7. The molecule has 1 aromatic heterocycles. The molecule has 0 saturated heterocycles. The van der Waals surface area contributed by atoms with Gasteiger partial charge in [-0.1, -0.05) is 30.3 Å². The number of ether oxygens (including phenoxy) is 3. The maximum atomic E-state index is 12.4. The molecule has 0 bridgehead atoms. The highest BCUT2D eigenvalue weighted by molar-refractivity contribution is 6.05. The van der Waals surface area contributed by atoms with Gasteiger partial charge in [-0.2, -0.15) is 0 Å². The number of benzene rings is 4. The average molecular weight is 450 g/mol. The number of hydrogen-bond donors (Lipinski definition) is 1. The molecule has 0 aliphatic rings. The van der Waals surface area contributed by atoms with Gasteiger partial charge in [0, 0.05) is 28.9 Å². The zero-order valence-electron chi connectivity index (χ0n) is 18.7. The van der Waals surface area contributed by atoms with E-state index in [-0.39, 0.29) is 5.91 Å². The van der Waals surface area contributed by atoms with Crippen LogP contribution in [0, 0.1) is 0 Å². The summed E-state index contributed by atoms with van der Waals surface area (Å²) in [5, 5.41) is 5.75. The van der Waals surface area contributed by atoms with Crippen LogP contribution in [-0.2, 0) is 0 Å². The van der Waals surface area contributed by atoms with Crippen molar-refractivity contribution in [2.75, 3.05) is 19.5 Å². The van der Waals surface area contributed by atoms with Crippen molar-refractivity contribution >= 4 is 33.3 Å². The third-order valence-electron chi connectivity index (χ3n) is 5.54. The largest absolute Gasteiger partial charge is 0.493 e. The second-order valence-corrected chi connectivity index (χ2v) is 7.68. The molecule has 6 nitrogen and oxygen atoms in total. The van der Waals surface area contributed by atoms with Crippen LogP contribution in [0.15, 0.2) is 91.1 Å². The molecular weight excluding hydrogens is 428 g/mol. The first-order valence-corrected chi connectivity index (χ1v) is 10.7. The monoisotopic (exact) mass is 450 g/mol. The third-order valence-corrected chi connectivity index (χ3v) is 5.54. The molecule has 0 spiro atoms. The van der Waals surface area contributed by atoms with Gasteiger partial charge >= 0.3 is 0 Å². The molecule has 1 amide bonds. The van der Waals surface area contributed by atoms with Gasteiger partial charge in [-0.3, -0.25) is 9.78 Å². The van der Waals surface area contributed by atoms with Crippen molar-refractivity contribution in [2.24, 2.45) is 0 Å². The molecule has 0 aliphatic heterocycles. The molecular formula is C28H22N2O4. The number of pyridine rings is 1. The van der Waals surface area contributed by atoms with Crippen molar-refractivity contribution in [1.82, 2.24) is 4.98 Å². The van der Waals surface area contributed by atoms with Gasteiger partial charge in [0.05, 0.1) is 19.7 Å². The van der Waals surface area contributed by atoms with E-state index in [0.717, 1.165) is 27.4 Å². The number of carbonyl (C=O) groups is 1. The first kappa shape index (κ1) is 21.3. The van der Waals surface area contributed by atoms with Crippen LogP contribution in [0.3, 0.4) is 0 Å². The molecule has 0 saturated carbocycles. The fraction of sp³-hybridized carbons (Fsp3) is 0.0714. The lowest BCUT2D eigenvalue weighted by Crippen LogP contribution is -2.11. The van der Waals surface area contributed by atoms with E-state index in [1.165, 1.54) is 0 Å². The van der Waals surface area contributed by atoms with Crippen molar-refractivity contribution in [3.05, 3.63) is 96.7 Å². The van der Waals surface area contributed by atoms with Crippen molar-refractivity contribution in [3.63, 3.8) is 0 Å². The number of rotatable bonds is 6. The Balaban J connectivity index is 1.41. The minimum atomic E-state index is -0.142. The van der Waals surface area contributed by atoms with E-state index in [0.29, 0.717) is 28.6 Å². The van der Waals surface area contributed by atoms with Gasteiger partial charge in [-0.15, -0.1) is 0 Å². The maximum absolute atomic E-state index is 12.4. The number of nitrogens with zero attached hydrogens (tertiary/aromatic N) is 1. The summed E-state index contributed by atoms with van der Waals surface area (Å²) in [7, 11) is 3.19. The summed E-state index contributed by atoms with van der Waals surface area (Å²) in [4.78, 5) is 16.9. The van der Waals surface area contributed by atoms with Gasteiger partial charge in [0.2, 0.25) is 0 Å². The molecule has 5 aromatic rings. The van der Waals surface area contributed by atoms with Crippen molar-refractivity contribution in [3.8, 4) is 23.0 Å². The van der Waals surface area contributed by atoms with Crippen LogP contribution in [0.25, 0.3) is 21.7 Å². The second kappa shape index (κ2) is 9.11. The number of hydrogen-bond acceptors (Lipinski definition) is 5. The van der Waals surface area contributed by atoms with Crippen molar-refractivity contribution in [1.29, 1.82) is 0 Å². The number of aromatic nitrogens is 1. The molecule has 4 aromatic carbocycles. The Morgan fingerprint density at radius 3 is 2.29 bits per heavy atom. The summed E-state index contributed by atoms with van der Waals surface area (Å²) < 4.78 is 17.0. The SMILES string of the molecule is COc1cc2nccc(Oc3ccc4cc(NC(=O)c5ccccc5)ccc4c3)c2cc1OC. The normalized spacial score (nSPS) is 10.8. The van der Waals surface area contributed by atoms with Crippen LogP contribution in [0.4, 0.5) is 5.69 Å². The summed E-state index contributed by atoms with van der Waals surface area (Å²) in [6.45, 7) is 0. The minimum absolute atomic E-state index is 0.142. The zero-order chi connectivity index (χ0) is 23.5. The Kier molecular flexibility index (Phi) is 5.70. The number of carbonyl (C=O) groups excluding carboxylic acids is 1. The topological polar surface area (TPSA) is 69.7 Å². The zero-order valence-corrected chi connectivity index (χ0v) is 18.7. The number of anilines is 1. The van der Waals surface area contributed by atoms with Gasteiger partial charge in [-0.05, 0) is 59.3 Å². The third kappa shape index (κ3) is 4.21. The van der Waals surface area contributed by atoms with E-state index in [9.17, 15) is 4.79 Å². The van der Waals surface area contributed by atoms with Gasteiger partial charge in [-0.25, -0.2) is 0 Å². The average Bonchev–Trinajstić information content (AvgIpc) is 2.88. The highest BCUT2D eigenvalue weighted by Gasteiger charge is 2.12. The number of methoxy groups -OCH3 is 2. The molecule has 1 heterocycles. The Labute approximate surface area is 196 Å². The first-order chi connectivity index (χ1) is 16.6. The molecule has 0 radical (unpaired) electrons. The summed E-state index contributed by atoms with van der Waals surface area (Å²) in [5.41, 5.74) is 2.09. The molecule has 5 rings (SSSR count). The summed E-state index contributed by atoms with van der Waals surface area (Å²) in [6.07, 6.45) is 1.70. The lowest BCUT2D eigenvalue weighted by molar-refractivity contribution is 0.102. The molecule has 168 valence electrons. The number of fused-ring (bicyclic) bond motifs is 2. The maximum Gasteiger partial charge on any atom is 0.255 e. The Bertz CT molecular complexity index is 1500. The fourth-order valence-corrected chi connectivity index (χ4v) is 3.82. The van der Waals surface area contributed by atoms with Gasteiger partial charge in [0.25, 0.3) is 5.91 Å². The highest BCUT2D eigenvalue weighted by Crippen LogP contribution is 2.37. The predicted molar refractivity (Wildman–Crippen MR) is 133 cm³/mol. The molecule has 6 heteroatoms. The Morgan fingerprint density at radius 1 is 0.765 bits per heavy atom. The minimum Gasteiger partial charge on any atom is -0.493 e. The number of nitrogens with one attached hydrogen (secondary N) is 1. The van der Waals surface area contributed by atoms with Crippen LogP contribution in [0.5, 0.6) is 23.0 Å². The number of amides is 1. The smallest absolute Gasteiger partial charge is 0.255 e. The van der Waals surface area contributed by atoms with Crippen LogP contribution in [0.2, 0.25) is 0 Å². The quantitative estimate of drug-likeness (QED) is 0.322. The summed E-state index contributed by atoms with van der Waals surface area (Å²) in [6, 6.07) is 26.3. The molecule has 34 heavy (non-hydrogen) atoms. The van der Waals surface area contributed by atoms with Crippen molar-refractivity contribution < 1.29 is 19.0 Å². The molecule has 0 aliphatic carbocycles. The Hall–Kier alpha value is -4.58. The van der Waals surface area contributed by atoms with Gasteiger partial charge in [0.15, 0.2) is 11.5 Å². The van der Waals surface area contributed by atoms with Gasteiger partial charge < -0.3 is 19.5 Å². The van der Waals surface area contributed by atoms with E-state index >= 15 is 0 Å². The molecule has 0 unspecified atom stereocenters. The summed E-state index contributed by atoms with van der Waals surface area (Å²) >= 11 is 0. The lowest BCUT2D eigenvalue weighted by atomic mass is 10.1. The van der Waals surface area contributed by atoms with Gasteiger partial charge in [0.1, 0.15) is 11.5 Å². The highest BCUT2D eigenvalue weighted by atomic mass is 16.5. The van der Waals surface area contributed by atoms with Crippen LogP contribution < -0.4 is 19.5 Å². The molecule has 0 fully saturated rings. The van der Waals surface area contributed by atoms with Crippen LogP contribution in [-0.4, -0.2) is 25.1 Å². The van der Waals surface area contributed by atoms with Crippen molar-refractivity contribution in [2.45, 2.75) is 0 Å². The standard InChI is InChI=1S/C28H22N2O4/c1-32-26-16-23-24(17-27(26)33-2)29-13-12-25(23)34-22-11-9-19-14-21(10-8-20(19)15-22)30-28(31)18-6-4-3-5-7-18/h3-17H,1-2H3,(H,30,31). The Morgan fingerprint density at radius 2 is 1.50 bits per heavy atom. The predicted octanol–water partition coefficient (Wildman–Crippen LogP) is 6.45. The lowest BCUT2D eigenvalue weighted by Gasteiger charge is -2.13. The van der Waals surface area contributed by atoms with E-state index in [4.69, 9.17) is 14.2 Å².